The van der Waals surface area contributed by atoms with Gasteiger partial charge in [-0.1, -0.05) is 49.4 Å². The van der Waals surface area contributed by atoms with E-state index in [1.807, 2.05) is 80.6 Å². The quantitative estimate of drug-likeness (QED) is 0.390. The van der Waals surface area contributed by atoms with Crippen LogP contribution in [0.3, 0.4) is 0 Å². The number of ether oxygens (including phenoxy) is 1. The Hall–Kier alpha value is -4.17. The van der Waals surface area contributed by atoms with E-state index in [9.17, 15) is 10.1 Å². The van der Waals surface area contributed by atoms with Crippen LogP contribution in [-0.4, -0.2) is 15.7 Å². The van der Waals surface area contributed by atoms with E-state index >= 15 is 0 Å². The standard InChI is InChI=1S/C30H27N3O2/c1-4-28-27(16-21-9-11-22(12-10-21)26-8-6-5-7-23(26)18-31)30(34)33(20(3)32-28)25-13-14-29-24(17-25)15-19(2)35-29/h5-14,17,19H,4,15-16H2,1-3H3. The van der Waals surface area contributed by atoms with Crippen LogP contribution in [0.1, 0.15) is 47.6 Å². The number of hydrogen-bond donors (Lipinski definition) is 0. The van der Waals surface area contributed by atoms with Crippen LogP contribution in [0.4, 0.5) is 0 Å². The monoisotopic (exact) mass is 461 g/mol. The Morgan fingerprint density at radius 3 is 2.63 bits per heavy atom. The molecule has 0 aliphatic carbocycles. The third-order valence-electron chi connectivity index (χ3n) is 6.60. The summed E-state index contributed by atoms with van der Waals surface area (Å²) in [6.45, 7) is 5.97. The molecule has 2 heterocycles. The zero-order chi connectivity index (χ0) is 24.5. The van der Waals surface area contributed by atoms with E-state index in [-0.39, 0.29) is 11.7 Å². The first-order chi connectivity index (χ1) is 17.0. The third kappa shape index (κ3) is 4.24. The van der Waals surface area contributed by atoms with Gasteiger partial charge in [0.1, 0.15) is 17.7 Å². The Balaban J connectivity index is 1.52. The Morgan fingerprint density at radius 2 is 1.89 bits per heavy atom. The first-order valence-electron chi connectivity index (χ1n) is 12.0. The van der Waals surface area contributed by atoms with Gasteiger partial charge in [0.05, 0.1) is 23.0 Å². The van der Waals surface area contributed by atoms with Crippen molar-refractivity contribution in [2.24, 2.45) is 0 Å². The lowest BCUT2D eigenvalue weighted by atomic mass is 9.97. The van der Waals surface area contributed by atoms with Gasteiger partial charge in [-0.25, -0.2) is 4.98 Å². The van der Waals surface area contributed by atoms with Gasteiger partial charge in [0.2, 0.25) is 0 Å². The molecule has 174 valence electrons. The molecule has 0 amide bonds. The fourth-order valence-corrected chi connectivity index (χ4v) is 4.88. The van der Waals surface area contributed by atoms with Crippen LogP contribution in [-0.2, 0) is 19.3 Å². The Kier molecular flexibility index (Phi) is 5.96. The maximum atomic E-state index is 13.8. The number of nitriles is 1. The van der Waals surface area contributed by atoms with E-state index < -0.39 is 0 Å². The molecule has 0 bridgehead atoms. The van der Waals surface area contributed by atoms with Crippen molar-refractivity contribution < 1.29 is 4.74 Å². The van der Waals surface area contributed by atoms with Crippen LogP contribution in [0.5, 0.6) is 5.75 Å². The van der Waals surface area contributed by atoms with Gasteiger partial charge in [0.15, 0.2) is 0 Å². The van der Waals surface area contributed by atoms with E-state index in [4.69, 9.17) is 9.72 Å². The Bertz CT molecular complexity index is 1510. The van der Waals surface area contributed by atoms with E-state index in [1.165, 1.54) is 0 Å². The van der Waals surface area contributed by atoms with Crippen LogP contribution in [0, 0.1) is 18.3 Å². The maximum Gasteiger partial charge on any atom is 0.261 e. The molecule has 1 atom stereocenters. The van der Waals surface area contributed by atoms with Crippen molar-refractivity contribution in [2.75, 3.05) is 0 Å². The molecule has 1 aliphatic rings. The molecule has 35 heavy (non-hydrogen) atoms. The summed E-state index contributed by atoms with van der Waals surface area (Å²) in [5, 5.41) is 9.42. The average Bonchev–Trinajstić information content (AvgIpc) is 3.25. The molecule has 1 aliphatic heterocycles. The van der Waals surface area contributed by atoms with Gasteiger partial charge in [0, 0.05) is 18.4 Å². The molecule has 0 fully saturated rings. The predicted octanol–water partition coefficient (Wildman–Crippen LogP) is 5.56. The molecule has 5 heteroatoms. The lowest BCUT2D eigenvalue weighted by Gasteiger charge is -2.16. The second-order valence-corrected chi connectivity index (χ2v) is 9.03. The van der Waals surface area contributed by atoms with Gasteiger partial charge in [-0.05, 0) is 66.8 Å². The highest BCUT2D eigenvalue weighted by Gasteiger charge is 2.21. The summed E-state index contributed by atoms with van der Waals surface area (Å²) >= 11 is 0. The summed E-state index contributed by atoms with van der Waals surface area (Å²) in [5.74, 6) is 1.58. The SMILES string of the molecule is CCc1nc(C)n(-c2ccc3c(c2)CC(C)O3)c(=O)c1Cc1ccc(-c2ccccc2C#N)cc1. The molecule has 0 N–H and O–H groups in total. The van der Waals surface area contributed by atoms with Crippen molar-refractivity contribution in [3.8, 4) is 28.6 Å². The number of benzene rings is 3. The second-order valence-electron chi connectivity index (χ2n) is 9.03. The van der Waals surface area contributed by atoms with Crippen LogP contribution >= 0.6 is 0 Å². The highest BCUT2D eigenvalue weighted by molar-refractivity contribution is 5.70. The summed E-state index contributed by atoms with van der Waals surface area (Å²) in [7, 11) is 0. The van der Waals surface area contributed by atoms with Crippen molar-refractivity contribution in [2.45, 2.75) is 46.1 Å². The van der Waals surface area contributed by atoms with Crippen molar-refractivity contribution in [3.05, 3.63) is 111 Å². The number of aromatic nitrogens is 2. The molecule has 0 saturated heterocycles. The molecule has 5 nitrogen and oxygen atoms in total. The normalized spacial score (nSPS) is 14.3. The second kappa shape index (κ2) is 9.23. The van der Waals surface area contributed by atoms with Gasteiger partial charge in [0.25, 0.3) is 5.56 Å². The maximum absolute atomic E-state index is 13.8. The highest BCUT2D eigenvalue weighted by Crippen LogP contribution is 2.30. The minimum Gasteiger partial charge on any atom is -0.490 e. The highest BCUT2D eigenvalue weighted by atomic mass is 16.5. The van der Waals surface area contributed by atoms with Gasteiger partial charge in [-0.2, -0.15) is 5.26 Å². The smallest absolute Gasteiger partial charge is 0.261 e. The summed E-state index contributed by atoms with van der Waals surface area (Å²) in [4.78, 5) is 18.6. The van der Waals surface area contributed by atoms with Crippen LogP contribution in [0.2, 0.25) is 0 Å². The molecular formula is C30H27N3O2. The fourth-order valence-electron chi connectivity index (χ4n) is 4.88. The Morgan fingerprint density at radius 1 is 1.11 bits per heavy atom. The molecule has 3 aromatic carbocycles. The van der Waals surface area contributed by atoms with Gasteiger partial charge in [-0.3, -0.25) is 9.36 Å². The predicted molar refractivity (Wildman–Crippen MR) is 137 cm³/mol. The third-order valence-corrected chi connectivity index (χ3v) is 6.60. The minimum atomic E-state index is -0.0276. The molecule has 0 radical (unpaired) electrons. The zero-order valence-electron chi connectivity index (χ0n) is 20.2. The van der Waals surface area contributed by atoms with Crippen LogP contribution in [0.15, 0.2) is 71.5 Å². The van der Waals surface area contributed by atoms with E-state index in [0.717, 1.165) is 45.8 Å². The minimum absolute atomic E-state index is 0.0276. The number of nitrogens with zero attached hydrogens (tertiary/aromatic N) is 3. The Labute approximate surface area is 205 Å². The van der Waals surface area contributed by atoms with E-state index in [2.05, 4.69) is 13.0 Å². The van der Waals surface area contributed by atoms with Gasteiger partial charge < -0.3 is 4.74 Å². The molecule has 5 rings (SSSR count). The molecule has 1 unspecified atom stereocenters. The number of rotatable bonds is 5. The molecule has 0 saturated carbocycles. The molecule has 0 spiro atoms. The van der Waals surface area contributed by atoms with Gasteiger partial charge >= 0.3 is 0 Å². The van der Waals surface area contributed by atoms with Crippen LogP contribution in [0.25, 0.3) is 16.8 Å². The first-order valence-corrected chi connectivity index (χ1v) is 12.0. The lowest BCUT2D eigenvalue weighted by Crippen LogP contribution is -2.28. The van der Waals surface area contributed by atoms with E-state index in [1.54, 1.807) is 4.57 Å². The average molecular weight is 462 g/mol. The summed E-state index contributed by atoms with van der Waals surface area (Å²) < 4.78 is 7.55. The first kappa shape index (κ1) is 22.6. The summed E-state index contributed by atoms with van der Waals surface area (Å²) in [6.07, 6.45) is 2.18. The van der Waals surface area contributed by atoms with Crippen molar-refractivity contribution in [1.82, 2.24) is 9.55 Å². The summed E-state index contributed by atoms with van der Waals surface area (Å²) in [6, 6.07) is 23.8. The zero-order valence-corrected chi connectivity index (χ0v) is 20.2. The largest absolute Gasteiger partial charge is 0.490 e. The van der Waals surface area contributed by atoms with Crippen molar-refractivity contribution in [1.29, 1.82) is 5.26 Å². The molecule has 1 aromatic heterocycles. The number of fused-ring (bicyclic) bond motifs is 1. The van der Waals surface area contributed by atoms with Crippen molar-refractivity contribution in [3.63, 3.8) is 0 Å². The van der Waals surface area contributed by atoms with Gasteiger partial charge in [-0.15, -0.1) is 0 Å². The lowest BCUT2D eigenvalue weighted by molar-refractivity contribution is 0.254. The number of aryl methyl sites for hydroxylation is 2. The van der Waals surface area contributed by atoms with Crippen LogP contribution < -0.4 is 10.3 Å². The number of hydrogen-bond acceptors (Lipinski definition) is 4. The topological polar surface area (TPSA) is 67.9 Å². The molecule has 4 aromatic rings. The summed E-state index contributed by atoms with van der Waals surface area (Å²) in [5.41, 5.74) is 7.03. The molecular weight excluding hydrogens is 434 g/mol. The van der Waals surface area contributed by atoms with Crippen molar-refractivity contribution >= 4 is 0 Å². The fraction of sp³-hybridized carbons (Fsp3) is 0.233. The van der Waals surface area contributed by atoms with E-state index in [0.29, 0.717) is 29.8 Å².